The van der Waals surface area contributed by atoms with Crippen LogP contribution in [-0.4, -0.2) is 145 Å². The van der Waals surface area contributed by atoms with Crippen molar-refractivity contribution in [2.75, 3.05) is 76.4 Å². The lowest BCUT2D eigenvalue weighted by atomic mass is 10.1. The molecule has 0 aliphatic carbocycles. The summed E-state index contributed by atoms with van der Waals surface area (Å²) >= 11 is 0. The quantitative estimate of drug-likeness (QED) is 0.133. The number of hydrogen-bond donors (Lipinski definition) is 0. The predicted molar refractivity (Wildman–Crippen MR) is 281 cm³/mol. The van der Waals surface area contributed by atoms with Crippen LogP contribution in [0.5, 0.6) is 11.8 Å². The number of hydrogen-bond acceptors (Lipinski definition) is 18. The van der Waals surface area contributed by atoms with E-state index < -0.39 is 0 Å². The second-order valence-electron chi connectivity index (χ2n) is 18.8. The van der Waals surface area contributed by atoms with Crippen LogP contribution in [0.15, 0.2) is 117 Å². The second-order valence-corrected chi connectivity index (χ2v) is 18.8. The summed E-state index contributed by atoms with van der Waals surface area (Å²) in [6.07, 6.45) is 19.7. The Morgan fingerprint density at radius 3 is 1.57 bits per heavy atom. The molecule has 2 aliphatic heterocycles. The van der Waals surface area contributed by atoms with Crippen LogP contribution in [0.1, 0.15) is 27.9 Å². The van der Waals surface area contributed by atoms with Gasteiger partial charge in [-0.1, -0.05) is 6.07 Å². The van der Waals surface area contributed by atoms with Crippen LogP contribution in [0.2, 0.25) is 0 Å². The van der Waals surface area contributed by atoms with E-state index in [1.807, 2.05) is 91.5 Å². The maximum absolute atomic E-state index is 10.1. The van der Waals surface area contributed by atoms with Gasteiger partial charge in [0.25, 0.3) is 0 Å². The number of nitriles is 2. The highest BCUT2D eigenvalue weighted by Crippen LogP contribution is 2.32. The summed E-state index contributed by atoms with van der Waals surface area (Å²) in [7, 11) is 5.11. The van der Waals surface area contributed by atoms with Gasteiger partial charge in [-0.2, -0.15) is 30.9 Å². The Labute approximate surface area is 436 Å². The highest BCUT2D eigenvalue weighted by molar-refractivity contribution is 5.84. The molecular weight excluding hydrogens is 961 g/mol. The van der Waals surface area contributed by atoms with E-state index in [0.29, 0.717) is 63.2 Å². The van der Waals surface area contributed by atoms with Crippen LogP contribution in [0, 0.1) is 22.7 Å². The maximum Gasteiger partial charge on any atom is 0.213 e. The molecule has 2 saturated heterocycles. The van der Waals surface area contributed by atoms with Gasteiger partial charge in [-0.25, -0.2) is 38.9 Å². The molecule has 0 spiro atoms. The molecule has 12 rings (SSSR count). The van der Waals surface area contributed by atoms with Crippen molar-refractivity contribution in [1.29, 1.82) is 10.5 Å². The minimum absolute atomic E-state index is 0.404. The molecule has 12 heterocycles. The van der Waals surface area contributed by atoms with Crippen LogP contribution < -0.4 is 19.3 Å². The maximum atomic E-state index is 10.1. The Balaban J connectivity index is 0.699. The number of fused-ring (bicyclic) bond motifs is 2. The van der Waals surface area contributed by atoms with Gasteiger partial charge in [-0.05, 0) is 41.5 Å². The molecule has 10 aromatic rings. The monoisotopic (exact) mass is 1010 g/mol. The molecule has 0 bridgehead atoms. The number of rotatable bonds is 14. The Bertz CT molecular complexity index is 3800. The van der Waals surface area contributed by atoms with E-state index in [4.69, 9.17) is 39.5 Å². The van der Waals surface area contributed by atoms with E-state index in [1.165, 1.54) is 0 Å². The average molecular weight is 1010 g/mol. The van der Waals surface area contributed by atoms with E-state index in [1.54, 1.807) is 52.7 Å². The molecule has 22 heteroatoms. The van der Waals surface area contributed by atoms with Crippen LogP contribution in [0.25, 0.3) is 56.1 Å². The topological polar surface area (TPSA) is 227 Å². The standard InChI is InChI=1S/C54H50N20O2/c1-67-31-42(27-60-67)45-34-73-53(40(20-55)25-62-73)51(65-45)38-5-7-48(57-23-38)71-16-12-69(13-17-71)30-37-18-44(64-50(19-37)76-3)33-72-32-43(28-61-72)46-35-74-54(41(21-56)26-63-74)52(66-46)39-6-8-47(58-24-39)70-14-10-68(11-15-70)29-36-4-9-49(75-2)59-22-36/h4-9,18-19,22-28,31-32,34-35H,10-17,29-30,33H2,1-3H3. The minimum Gasteiger partial charge on any atom is -0.481 e. The largest absolute Gasteiger partial charge is 0.481 e. The van der Waals surface area contributed by atoms with Crippen molar-refractivity contribution in [3.63, 3.8) is 0 Å². The molecule has 0 aromatic carbocycles. The van der Waals surface area contributed by atoms with Crippen molar-refractivity contribution in [1.82, 2.24) is 78.5 Å². The van der Waals surface area contributed by atoms with Gasteiger partial charge in [0.05, 0.1) is 86.4 Å². The summed E-state index contributed by atoms with van der Waals surface area (Å²) in [5.41, 5.74) is 10.9. The zero-order valence-corrected chi connectivity index (χ0v) is 42.0. The molecule has 76 heavy (non-hydrogen) atoms. The van der Waals surface area contributed by atoms with E-state index in [2.05, 4.69) is 64.2 Å². The third kappa shape index (κ3) is 9.56. The molecule has 22 nitrogen and oxygen atoms in total. The number of piperazine rings is 2. The first-order chi connectivity index (χ1) is 37.3. The van der Waals surface area contributed by atoms with Gasteiger partial charge < -0.3 is 19.3 Å². The second kappa shape index (κ2) is 20.3. The van der Waals surface area contributed by atoms with Gasteiger partial charge in [0, 0.05) is 138 Å². The Morgan fingerprint density at radius 1 is 0.500 bits per heavy atom. The molecule has 10 aromatic heterocycles. The molecule has 0 saturated carbocycles. The first-order valence-corrected chi connectivity index (χ1v) is 24.8. The fourth-order valence-corrected chi connectivity index (χ4v) is 9.91. The number of methoxy groups -OCH3 is 2. The van der Waals surface area contributed by atoms with Gasteiger partial charge in [-0.15, -0.1) is 0 Å². The van der Waals surface area contributed by atoms with Crippen molar-refractivity contribution >= 4 is 22.7 Å². The fraction of sp³-hybridized carbons (Fsp3) is 0.259. The molecule has 0 radical (unpaired) electrons. The van der Waals surface area contributed by atoms with Gasteiger partial charge in [0.1, 0.15) is 45.9 Å². The number of aryl methyl sites for hydroxylation is 1. The first kappa shape index (κ1) is 47.4. The van der Waals surface area contributed by atoms with Gasteiger partial charge in [-0.3, -0.25) is 19.2 Å². The number of aromatic nitrogens is 14. The molecule has 0 amide bonds. The first-order valence-electron chi connectivity index (χ1n) is 24.8. The lowest BCUT2D eigenvalue weighted by Gasteiger charge is -2.35. The fourth-order valence-electron chi connectivity index (χ4n) is 9.91. The van der Waals surface area contributed by atoms with Gasteiger partial charge >= 0.3 is 0 Å². The van der Waals surface area contributed by atoms with Crippen molar-refractivity contribution in [3.8, 4) is 68.9 Å². The average Bonchev–Trinajstić information content (AvgIpc) is 4.32. The Hall–Kier alpha value is -9.64. The van der Waals surface area contributed by atoms with E-state index in [-0.39, 0.29) is 0 Å². The molecule has 0 unspecified atom stereocenters. The summed E-state index contributed by atoms with van der Waals surface area (Å²) in [5.74, 6) is 2.91. The smallest absolute Gasteiger partial charge is 0.213 e. The summed E-state index contributed by atoms with van der Waals surface area (Å²) in [5, 5.41) is 38.0. The molecule has 2 aliphatic rings. The van der Waals surface area contributed by atoms with Crippen molar-refractivity contribution in [2.45, 2.75) is 19.6 Å². The molecule has 2 fully saturated rings. The lowest BCUT2D eigenvalue weighted by molar-refractivity contribution is 0.248. The minimum atomic E-state index is 0.404. The zero-order valence-electron chi connectivity index (χ0n) is 42.0. The third-order valence-electron chi connectivity index (χ3n) is 13.9. The van der Waals surface area contributed by atoms with E-state index in [0.717, 1.165) is 116 Å². The van der Waals surface area contributed by atoms with Crippen molar-refractivity contribution < 1.29 is 9.47 Å². The van der Waals surface area contributed by atoms with Gasteiger partial charge in [0.2, 0.25) is 11.8 Å². The van der Waals surface area contributed by atoms with Crippen LogP contribution in [0.3, 0.4) is 0 Å². The number of pyridine rings is 4. The van der Waals surface area contributed by atoms with E-state index in [9.17, 15) is 10.5 Å². The normalized spacial score (nSPS) is 14.3. The number of anilines is 2. The highest BCUT2D eigenvalue weighted by atomic mass is 16.5. The summed E-state index contributed by atoms with van der Waals surface area (Å²) in [4.78, 5) is 38.4. The van der Waals surface area contributed by atoms with E-state index >= 15 is 0 Å². The summed E-state index contributed by atoms with van der Waals surface area (Å²) in [6, 6.07) is 20.7. The number of ether oxygens (including phenoxy) is 2. The molecular formula is C54H50N20O2. The SMILES string of the molecule is COc1ccc(CN2CCN(c3ccc(-c4nc(-c5cnn(Cc6cc(CN7CCN(c8ccc(-c9nc(-c%10cnn(C)c%10)cn%10ncc(C#N)c9%10)cn8)CC7)cc(OC)n6)c5)cn5ncc(C#N)c45)cn3)CC2)cn1. The summed E-state index contributed by atoms with van der Waals surface area (Å²) in [6.45, 7) is 8.67. The Morgan fingerprint density at radius 2 is 1.07 bits per heavy atom. The van der Waals surface area contributed by atoms with Crippen molar-refractivity contribution in [3.05, 3.63) is 145 Å². The van der Waals surface area contributed by atoms with Crippen LogP contribution >= 0.6 is 0 Å². The van der Waals surface area contributed by atoms with Gasteiger partial charge in [0.15, 0.2) is 0 Å². The molecule has 0 atom stereocenters. The predicted octanol–water partition coefficient (Wildman–Crippen LogP) is 5.40. The number of nitrogens with zero attached hydrogens (tertiary/aromatic N) is 20. The highest BCUT2D eigenvalue weighted by Gasteiger charge is 2.23. The Kier molecular flexibility index (Phi) is 12.7. The molecule has 378 valence electrons. The molecule has 0 N–H and O–H groups in total. The van der Waals surface area contributed by atoms with Crippen LogP contribution in [-0.2, 0) is 26.7 Å². The summed E-state index contributed by atoms with van der Waals surface area (Å²) < 4.78 is 17.9. The zero-order chi connectivity index (χ0) is 51.7. The van der Waals surface area contributed by atoms with Crippen LogP contribution in [0.4, 0.5) is 11.6 Å². The van der Waals surface area contributed by atoms with Crippen molar-refractivity contribution in [2.24, 2.45) is 7.05 Å². The lowest BCUT2D eigenvalue weighted by Crippen LogP contribution is -2.46. The third-order valence-corrected chi connectivity index (χ3v) is 13.9.